The van der Waals surface area contributed by atoms with Gasteiger partial charge in [-0.1, -0.05) is 23.2 Å². The Morgan fingerprint density at radius 2 is 2.14 bits per heavy atom. The summed E-state index contributed by atoms with van der Waals surface area (Å²) in [5.74, 6) is 0.456. The number of aliphatic hydroxyl groups excluding tert-OH is 1. The predicted octanol–water partition coefficient (Wildman–Crippen LogP) is 2.31. The molecular formula is C14H15Cl2N3O2. The van der Waals surface area contributed by atoms with Crippen LogP contribution in [-0.2, 0) is 6.54 Å². The van der Waals surface area contributed by atoms with Gasteiger partial charge >= 0.3 is 0 Å². The maximum absolute atomic E-state index is 9.85. The van der Waals surface area contributed by atoms with Crippen LogP contribution in [0.15, 0.2) is 36.5 Å². The molecular weight excluding hydrogens is 313 g/mol. The van der Waals surface area contributed by atoms with Gasteiger partial charge in [0.25, 0.3) is 0 Å². The highest BCUT2D eigenvalue weighted by atomic mass is 35.5. The molecule has 2 aromatic rings. The van der Waals surface area contributed by atoms with Gasteiger partial charge in [0.1, 0.15) is 18.5 Å². The van der Waals surface area contributed by atoms with E-state index in [1.165, 1.54) is 0 Å². The van der Waals surface area contributed by atoms with E-state index in [9.17, 15) is 5.11 Å². The van der Waals surface area contributed by atoms with E-state index in [1.807, 2.05) is 12.1 Å². The summed E-state index contributed by atoms with van der Waals surface area (Å²) in [5, 5.41) is 21.6. The molecule has 0 spiro atoms. The van der Waals surface area contributed by atoms with Gasteiger partial charge in [-0.15, -0.1) is 0 Å². The highest BCUT2D eigenvalue weighted by Gasteiger charge is 2.08. The largest absolute Gasteiger partial charge is 0.489 e. The van der Waals surface area contributed by atoms with E-state index in [0.717, 1.165) is 5.69 Å². The summed E-state index contributed by atoms with van der Waals surface area (Å²) in [6.07, 6.45) is 0.942. The second-order valence-corrected chi connectivity index (χ2v) is 5.23. The normalized spacial score (nSPS) is 12.1. The second kappa shape index (κ2) is 8.14. The Balaban J connectivity index is 1.72. The van der Waals surface area contributed by atoms with Crippen molar-refractivity contribution in [1.29, 1.82) is 0 Å². The van der Waals surface area contributed by atoms with Crippen LogP contribution < -0.4 is 10.1 Å². The summed E-state index contributed by atoms with van der Waals surface area (Å²) in [6, 6.07) is 8.61. The molecule has 0 saturated carbocycles. The fraction of sp³-hybridized carbons (Fsp3) is 0.286. The molecule has 0 fully saturated rings. The number of nitrogens with one attached hydrogen (secondary N) is 1. The first kappa shape index (κ1) is 16.0. The first-order valence-corrected chi connectivity index (χ1v) is 7.14. The lowest BCUT2D eigenvalue weighted by Gasteiger charge is -2.14. The average Bonchev–Trinajstić information content (AvgIpc) is 2.49. The number of rotatable bonds is 7. The maximum atomic E-state index is 9.85. The van der Waals surface area contributed by atoms with Crippen molar-refractivity contribution >= 4 is 23.2 Å². The first-order valence-electron chi connectivity index (χ1n) is 6.38. The Hall–Kier alpha value is -1.40. The number of ether oxygens (including phenoxy) is 1. The van der Waals surface area contributed by atoms with Crippen molar-refractivity contribution in [2.75, 3.05) is 13.2 Å². The van der Waals surface area contributed by atoms with E-state index < -0.39 is 6.10 Å². The molecule has 0 aliphatic carbocycles. The third kappa shape index (κ3) is 5.47. The van der Waals surface area contributed by atoms with Crippen molar-refractivity contribution in [3.63, 3.8) is 0 Å². The highest BCUT2D eigenvalue weighted by Crippen LogP contribution is 2.27. The molecule has 0 bridgehead atoms. The lowest BCUT2D eigenvalue weighted by molar-refractivity contribution is 0.106. The lowest BCUT2D eigenvalue weighted by Crippen LogP contribution is -2.31. The quantitative estimate of drug-likeness (QED) is 0.816. The van der Waals surface area contributed by atoms with E-state index in [1.54, 1.807) is 24.4 Å². The van der Waals surface area contributed by atoms with Crippen molar-refractivity contribution < 1.29 is 9.84 Å². The molecule has 21 heavy (non-hydrogen) atoms. The molecule has 0 aliphatic rings. The van der Waals surface area contributed by atoms with Gasteiger partial charge in [-0.25, -0.2) is 0 Å². The third-order valence-corrected chi connectivity index (χ3v) is 3.19. The number of aliphatic hydroxyl groups is 1. The van der Waals surface area contributed by atoms with Gasteiger partial charge in [-0.05, 0) is 24.3 Å². The van der Waals surface area contributed by atoms with Crippen LogP contribution in [0.25, 0.3) is 0 Å². The number of hydrogen-bond acceptors (Lipinski definition) is 5. The van der Waals surface area contributed by atoms with Gasteiger partial charge in [0.15, 0.2) is 0 Å². The van der Waals surface area contributed by atoms with Crippen molar-refractivity contribution in [3.05, 3.63) is 52.3 Å². The van der Waals surface area contributed by atoms with E-state index in [4.69, 9.17) is 27.9 Å². The Kier molecular flexibility index (Phi) is 6.20. The zero-order valence-corrected chi connectivity index (χ0v) is 12.7. The van der Waals surface area contributed by atoms with Crippen LogP contribution in [0.5, 0.6) is 5.75 Å². The number of hydrogen-bond donors (Lipinski definition) is 2. The molecule has 1 aromatic carbocycles. The predicted molar refractivity (Wildman–Crippen MR) is 81.7 cm³/mol. The van der Waals surface area contributed by atoms with Gasteiger partial charge in [0, 0.05) is 30.4 Å². The SMILES string of the molecule is OC(CNCc1cccnn1)COc1cc(Cl)ccc1Cl. The fourth-order valence-corrected chi connectivity index (χ4v) is 1.96. The summed E-state index contributed by atoms with van der Waals surface area (Å²) >= 11 is 11.8. The minimum Gasteiger partial charge on any atom is -0.489 e. The molecule has 0 amide bonds. The topological polar surface area (TPSA) is 67.3 Å². The van der Waals surface area contributed by atoms with E-state index >= 15 is 0 Å². The van der Waals surface area contributed by atoms with Crippen molar-refractivity contribution in [1.82, 2.24) is 15.5 Å². The monoisotopic (exact) mass is 327 g/mol. The summed E-state index contributed by atoms with van der Waals surface area (Å²) in [7, 11) is 0. The molecule has 1 atom stereocenters. The van der Waals surface area contributed by atoms with Crippen LogP contribution in [0.2, 0.25) is 10.0 Å². The maximum Gasteiger partial charge on any atom is 0.139 e. The van der Waals surface area contributed by atoms with Gasteiger partial charge in [-0.2, -0.15) is 10.2 Å². The van der Waals surface area contributed by atoms with Gasteiger partial charge in [0.2, 0.25) is 0 Å². The molecule has 5 nitrogen and oxygen atoms in total. The Bertz CT molecular complexity index is 569. The van der Waals surface area contributed by atoms with E-state index in [0.29, 0.717) is 28.9 Å². The zero-order valence-electron chi connectivity index (χ0n) is 11.2. The molecule has 0 saturated heterocycles. The van der Waals surface area contributed by atoms with Crippen LogP contribution in [0, 0.1) is 0 Å². The molecule has 0 aliphatic heterocycles. The number of benzene rings is 1. The molecule has 7 heteroatoms. The van der Waals surface area contributed by atoms with Gasteiger partial charge in [-0.3, -0.25) is 0 Å². The summed E-state index contributed by atoms with van der Waals surface area (Å²) in [4.78, 5) is 0. The van der Waals surface area contributed by atoms with Crippen LogP contribution in [0.1, 0.15) is 5.69 Å². The van der Waals surface area contributed by atoms with E-state index in [-0.39, 0.29) is 6.61 Å². The minimum atomic E-state index is -0.670. The number of nitrogens with zero attached hydrogens (tertiary/aromatic N) is 2. The molecule has 1 heterocycles. The van der Waals surface area contributed by atoms with Gasteiger partial charge in [0.05, 0.1) is 10.7 Å². The Labute approximate surface area is 132 Å². The Morgan fingerprint density at radius 1 is 1.29 bits per heavy atom. The van der Waals surface area contributed by atoms with Crippen molar-refractivity contribution in [3.8, 4) is 5.75 Å². The third-order valence-electron chi connectivity index (χ3n) is 2.64. The minimum absolute atomic E-state index is 0.119. The van der Waals surface area contributed by atoms with Crippen LogP contribution in [0.4, 0.5) is 0 Å². The number of halogens is 2. The standard InChI is InChI=1S/C14H15Cl2N3O2/c15-10-3-4-13(16)14(6-10)21-9-12(20)8-17-7-11-2-1-5-18-19-11/h1-6,12,17,20H,7-9H2. The Morgan fingerprint density at radius 3 is 2.90 bits per heavy atom. The zero-order chi connectivity index (χ0) is 15.1. The van der Waals surface area contributed by atoms with Crippen molar-refractivity contribution in [2.45, 2.75) is 12.6 Å². The highest BCUT2D eigenvalue weighted by molar-refractivity contribution is 6.34. The average molecular weight is 328 g/mol. The fourth-order valence-electron chi connectivity index (χ4n) is 1.63. The van der Waals surface area contributed by atoms with Crippen LogP contribution in [0.3, 0.4) is 0 Å². The van der Waals surface area contributed by atoms with Crippen molar-refractivity contribution in [2.24, 2.45) is 0 Å². The summed E-state index contributed by atoms with van der Waals surface area (Å²) in [5.41, 5.74) is 0.809. The molecule has 112 valence electrons. The molecule has 2 N–H and O–H groups in total. The smallest absolute Gasteiger partial charge is 0.139 e. The second-order valence-electron chi connectivity index (χ2n) is 4.39. The first-order chi connectivity index (χ1) is 10.1. The molecule has 1 unspecified atom stereocenters. The molecule has 1 aromatic heterocycles. The number of aromatic nitrogens is 2. The molecule has 0 radical (unpaired) electrons. The summed E-state index contributed by atoms with van der Waals surface area (Å²) < 4.78 is 5.45. The molecule has 2 rings (SSSR count). The van der Waals surface area contributed by atoms with Crippen LogP contribution in [-0.4, -0.2) is 34.6 Å². The lowest BCUT2D eigenvalue weighted by atomic mass is 10.3. The van der Waals surface area contributed by atoms with Gasteiger partial charge < -0.3 is 15.2 Å². The van der Waals surface area contributed by atoms with Crippen LogP contribution >= 0.6 is 23.2 Å². The van der Waals surface area contributed by atoms with E-state index in [2.05, 4.69) is 15.5 Å². The summed E-state index contributed by atoms with van der Waals surface area (Å²) in [6.45, 7) is 1.02.